The zero-order chi connectivity index (χ0) is 14.4. The van der Waals surface area contributed by atoms with Gasteiger partial charge in [0.25, 0.3) is 5.70 Å². The maximum Gasteiger partial charge on any atom is 0.271 e. The van der Waals surface area contributed by atoms with Crippen LogP contribution < -0.4 is 0 Å². The maximum absolute atomic E-state index is 11.4. The Morgan fingerprint density at radius 2 is 1.60 bits per heavy atom. The summed E-state index contributed by atoms with van der Waals surface area (Å²) in [6, 6.07) is 0. The topological polar surface area (TPSA) is 43.1 Å². The minimum atomic E-state index is -0.140. The lowest BCUT2D eigenvalue weighted by molar-refractivity contribution is -0.423. The van der Waals surface area contributed by atoms with Crippen molar-refractivity contribution in [2.45, 2.75) is 77.6 Å². The highest BCUT2D eigenvalue weighted by Crippen LogP contribution is 2.36. The van der Waals surface area contributed by atoms with Gasteiger partial charge in [0.15, 0.2) is 0 Å². The molecule has 0 bridgehead atoms. The summed E-state index contributed by atoms with van der Waals surface area (Å²) < 4.78 is 0. The summed E-state index contributed by atoms with van der Waals surface area (Å²) in [6.07, 6.45) is 15.3. The van der Waals surface area contributed by atoms with Crippen LogP contribution in [0, 0.1) is 16.0 Å². The molecule has 0 saturated heterocycles. The summed E-state index contributed by atoms with van der Waals surface area (Å²) in [5, 5.41) is 11.4. The number of hydrogen-bond acceptors (Lipinski definition) is 2. The monoisotopic (exact) mass is 277 g/mol. The summed E-state index contributed by atoms with van der Waals surface area (Å²) >= 11 is 0. The number of allylic oxidation sites excluding steroid dienone is 3. The van der Waals surface area contributed by atoms with Gasteiger partial charge in [0.1, 0.15) is 0 Å². The first-order valence-electron chi connectivity index (χ1n) is 8.24. The molecule has 0 amide bonds. The summed E-state index contributed by atoms with van der Waals surface area (Å²) in [5.41, 5.74) is 2.47. The molecule has 2 rings (SSSR count). The zero-order valence-corrected chi connectivity index (χ0v) is 12.7. The van der Waals surface area contributed by atoms with Crippen LogP contribution in [0.5, 0.6) is 0 Å². The van der Waals surface area contributed by atoms with E-state index in [2.05, 4.69) is 6.08 Å². The number of hydrogen-bond donors (Lipinski definition) is 0. The first-order chi connectivity index (χ1) is 9.70. The van der Waals surface area contributed by atoms with E-state index in [-0.39, 0.29) is 4.92 Å². The third kappa shape index (κ3) is 3.94. The van der Waals surface area contributed by atoms with Crippen molar-refractivity contribution in [2.75, 3.05) is 0 Å². The molecule has 2 aliphatic rings. The molecule has 0 N–H and O–H groups in total. The fourth-order valence-corrected chi connectivity index (χ4v) is 3.65. The molecule has 1 fully saturated rings. The molecule has 0 aliphatic heterocycles. The molecule has 0 radical (unpaired) electrons. The second-order valence-corrected chi connectivity index (χ2v) is 6.33. The number of nitrogens with zero attached hydrogens (tertiary/aromatic N) is 1. The van der Waals surface area contributed by atoms with Crippen LogP contribution >= 0.6 is 0 Å². The predicted molar refractivity (Wildman–Crippen MR) is 82.1 cm³/mol. The largest absolute Gasteiger partial charge is 0.271 e. The summed E-state index contributed by atoms with van der Waals surface area (Å²) in [6.45, 7) is 1.94. The minimum absolute atomic E-state index is 0.140. The quantitative estimate of drug-likeness (QED) is 0.501. The highest BCUT2D eigenvalue weighted by molar-refractivity contribution is 5.34. The van der Waals surface area contributed by atoms with Crippen LogP contribution in [0.1, 0.15) is 77.6 Å². The molecule has 1 saturated carbocycles. The average molecular weight is 277 g/mol. The highest BCUT2D eigenvalue weighted by atomic mass is 16.6. The van der Waals surface area contributed by atoms with Gasteiger partial charge in [-0.15, -0.1) is 0 Å². The molecule has 0 heterocycles. The second kappa shape index (κ2) is 7.61. The van der Waals surface area contributed by atoms with Crippen LogP contribution in [-0.2, 0) is 0 Å². The minimum Gasteiger partial charge on any atom is -0.258 e. The van der Waals surface area contributed by atoms with Gasteiger partial charge in [-0.05, 0) is 38.5 Å². The Morgan fingerprint density at radius 1 is 1.05 bits per heavy atom. The van der Waals surface area contributed by atoms with Crippen molar-refractivity contribution in [1.29, 1.82) is 0 Å². The van der Waals surface area contributed by atoms with Gasteiger partial charge >= 0.3 is 0 Å². The van der Waals surface area contributed by atoms with Crippen molar-refractivity contribution in [2.24, 2.45) is 5.92 Å². The van der Waals surface area contributed by atoms with E-state index in [4.69, 9.17) is 0 Å². The van der Waals surface area contributed by atoms with Gasteiger partial charge in [0.2, 0.25) is 0 Å². The molecule has 0 atom stereocenters. The van der Waals surface area contributed by atoms with Gasteiger partial charge in [0, 0.05) is 11.1 Å². The van der Waals surface area contributed by atoms with E-state index in [1.54, 1.807) is 0 Å². The van der Waals surface area contributed by atoms with Crippen molar-refractivity contribution in [3.05, 3.63) is 33.0 Å². The van der Waals surface area contributed by atoms with E-state index in [0.29, 0.717) is 11.6 Å². The molecule has 0 aromatic carbocycles. The second-order valence-electron chi connectivity index (χ2n) is 6.33. The van der Waals surface area contributed by atoms with Crippen LogP contribution in [0.4, 0.5) is 0 Å². The molecular formula is C17H27NO2. The number of rotatable bonds is 2. The maximum atomic E-state index is 11.4. The van der Waals surface area contributed by atoms with E-state index < -0.39 is 0 Å². The smallest absolute Gasteiger partial charge is 0.258 e. The van der Waals surface area contributed by atoms with Gasteiger partial charge in [-0.25, -0.2) is 0 Å². The van der Waals surface area contributed by atoms with E-state index >= 15 is 0 Å². The summed E-state index contributed by atoms with van der Waals surface area (Å²) in [4.78, 5) is 11.3. The van der Waals surface area contributed by atoms with E-state index in [1.807, 2.05) is 6.92 Å². The summed E-state index contributed by atoms with van der Waals surface area (Å²) in [5.74, 6) is 0.420. The Bertz CT molecular complexity index is 399. The fraction of sp³-hybridized carbons (Fsp3) is 0.765. The van der Waals surface area contributed by atoms with Crippen LogP contribution in [0.25, 0.3) is 0 Å². The molecule has 0 unspecified atom stereocenters. The molecular weight excluding hydrogens is 250 g/mol. The van der Waals surface area contributed by atoms with Crippen molar-refractivity contribution in [1.82, 2.24) is 0 Å². The van der Waals surface area contributed by atoms with Gasteiger partial charge in [-0.3, -0.25) is 10.1 Å². The van der Waals surface area contributed by atoms with Crippen molar-refractivity contribution >= 4 is 0 Å². The van der Waals surface area contributed by atoms with E-state index in [0.717, 1.165) is 36.8 Å². The van der Waals surface area contributed by atoms with Crippen molar-refractivity contribution in [3.63, 3.8) is 0 Å². The SMILES string of the molecule is CC1=C([N+](=O)[O-])C(C2CCCCCCCCC2)=CCC1. The van der Waals surface area contributed by atoms with Gasteiger partial charge < -0.3 is 0 Å². The molecule has 2 aliphatic carbocycles. The van der Waals surface area contributed by atoms with Gasteiger partial charge in [0.05, 0.1) is 4.92 Å². The normalized spacial score (nSPS) is 23.4. The molecule has 0 aromatic rings. The zero-order valence-electron chi connectivity index (χ0n) is 12.7. The first kappa shape index (κ1) is 15.3. The Hall–Kier alpha value is -1.12. The van der Waals surface area contributed by atoms with E-state index in [9.17, 15) is 10.1 Å². The first-order valence-corrected chi connectivity index (χ1v) is 8.24. The third-order valence-electron chi connectivity index (χ3n) is 4.79. The Morgan fingerprint density at radius 3 is 2.15 bits per heavy atom. The summed E-state index contributed by atoms with van der Waals surface area (Å²) in [7, 11) is 0. The molecule has 0 spiro atoms. The predicted octanol–water partition coefficient (Wildman–Crippen LogP) is 5.40. The van der Waals surface area contributed by atoms with Crippen molar-refractivity contribution in [3.8, 4) is 0 Å². The Balaban J connectivity index is 2.13. The van der Waals surface area contributed by atoms with Crippen LogP contribution in [0.15, 0.2) is 22.9 Å². The average Bonchev–Trinajstić information content (AvgIpc) is 2.44. The van der Waals surface area contributed by atoms with Gasteiger partial charge in [-0.1, -0.05) is 51.0 Å². The van der Waals surface area contributed by atoms with Gasteiger partial charge in [-0.2, -0.15) is 0 Å². The third-order valence-corrected chi connectivity index (χ3v) is 4.79. The molecule has 3 nitrogen and oxygen atoms in total. The fourth-order valence-electron chi connectivity index (χ4n) is 3.65. The molecule has 112 valence electrons. The van der Waals surface area contributed by atoms with Crippen LogP contribution in [0.3, 0.4) is 0 Å². The van der Waals surface area contributed by atoms with E-state index in [1.165, 1.54) is 44.9 Å². The van der Waals surface area contributed by atoms with Crippen LogP contribution in [-0.4, -0.2) is 4.92 Å². The Kier molecular flexibility index (Phi) is 5.81. The highest BCUT2D eigenvalue weighted by Gasteiger charge is 2.29. The van der Waals surface area contributed by atoms with Crippen LogP contribution in [0.2, 0.25) is 0 Å². The lowest BCUT2D eigenvalue weighted by atomic mass is 9.81. The molecule has 0 aromatic heterocycles. The lowest BCUT2D eigenvalue weighted by Gasteiger charge is -2.23. The Labute approximate surface area is 122 Å². The molecule has 3 heteroatoms. The number of nitro groups is 1. The standard InChI is InChI=1S/C17H27NO2/c1-14-10-9-13-16(17(14)18(19)20)15-11-7-5-3-2-4-6-8-12-15/h13,15H,2-12H2,1H3. The molecule has 20 heavy (non-hydrogen) atoms. The van der Waals surface area contributed by atoms with Crippen molar-refractivity contribution < 1.29 is 4.92 Å². The lowest BCUT2D eigenvalue weighted by Crippen LogP contribution is -2.16.